The maximum absolute atomic E-state index is 13.3. The van der Waals surface area contributed by atoms with Gasteiger partial charge in [0.2, 0.25) is 0 Å². The molecular formula is C10H10FN. The Labute approximate surface area is 70.2 Å². The van der Waals surface area contributed by atoms with Gasteiger partial charge >= 0.3 is 0 Å². The summed E-state index contributed by atoms with van der Waals surface area (Å²) in [5.41, 5.74) is 2.56. The van der Waals surface area contributed by atoms with E-state index >= 15 is 0 Å². The van der Waals surface area contributed by atoms with Crippen molar-refractivity contribution < 1.29 is 4.39 Å². The number of fused-ring (bicyclic) bond motifs is 1. The molecule has 1 aromatic heterocycles. The van der Waals surface area contributed by atoms with Gasteiger partial charge in [-0.1, -0.05) is 11.6 Å². The second-order valence-electron chi connectivity index (χ2n) is 3.11. The Balaban J connectivity index is 2.88. The van der Waals surface area contributed by atoms with Crippen LogP contribution in [0.2, 0.25) is 0 Å². The van der Waals surface area contributed by atoms with Gasteiger partial charge in [0.15, 0.2) is 5.82 Å². The minimum Gasteiger partial charge on any atom is -0.356 e. The second kappa shape index (κ2) is 2.34. The van der Waals surface area contributed by atoms with Crippen molar-refractivity contribution in [2.45, 2.75) is 13.8 Å². The van der Waals surface area contributed by atoms with Crippen molar-refractivity contribution in [2.24, 2.45) is 0 Å². The molecule has 0 fully saturated rings. The Morgan fingerprint density at radius 3 is 2.75 bits per heavy atom. The van der Waals surface area contributed by atoms with Crippen molar-refractivity contribution in [3.63, 3.8) is 0 Å². The zero-order valence-electron chi connectivity index (χ0n) is 7.11. The molecule has 0 saturated heterocycles. The van der Waals surface area contributed by atoms with Crippen LogP contribution >= 0.6 is 0 Å². The number of H-pyrrole nitrogens is 1. The first-order valence-corrected chi connectivity index (χ1v) is 3.93. The molecule has 12 heavy (non-hydrogen) atoms. The predicted molar refractivity (Wildman–Crippen MR) is 47.7 cm³/mol. The van der Waals surface area contributed by atoms with Gasteiger partial charge in [0.1, 0.15) is 0 Å². The smallest absolute Gasteiger partial charge is 0.151 e. The molecule has 0 unspecified atom stereocenters. The normalized spacial score (nSPS) is 10.9. The fourth-order valence-electron chi connectivity index (χ4n) is 1.41. The number of nitrogens with one attached hydrogen (secondary N) is 1. The minimum absolute atomic E-state index is 0.131. The maximum atomic E-state index is 13.3. The van der Waals surface area contributed by atoms with Crippen molar-refractivity contribution in [3.8, 4) is 0 Å². The van der Waals surface area contributed by atoms with Gasteiger partial charge in [0, 0.05) is 16.6 Å². The molecule has 1 nitrogen and oxygen atoms in total. The molecule has 1 heterocycles. The summed E-state index contributed by atoms with van der Waals surface area (Å²) in [7, 11) is 0. The summed E-state index contributed by atoms with van der Waals surface area (Å²) < 4.78 is 13.3. The number of rotatable bonds is 0. The molecule has 1 aromatic carbocycles. The number of hydrogen-bond acceptors (Lipinski definition) is 0. The van der Waals surface area contributed by atoms with Crippen LogP contribution in [0, 0.1) is 19.7 Å². The number of aromatic amines is 1. The minimum atomic E-state index is -0.131. The largest absolute Gasteiger partial charge is 0.356 e. The van der Waals surface area contributed by atoms with Gasteiger partial charge < -0.3 is 4.98 Å². The van der Waals surface area contributed by atoms with Crippen LogP contribution in [-0.2, 0) is 0 Å². The van der Waals surface area contributed by atoms with Crippen molar-refractivity contribution in [1.29, 1.82) is 0 Å². The van der Waals surface area contributed by atoms with Gasteiger partial charge in [-0.15, -0.1) is 0 Å². The first-order chi connectivity index (χ1) is 5.68. The van der Waals surface area contributed by atoms with Crippen molar-refractivity contribution in [1.82, 2.24) is 4.98 Å². The van der Waals surface area contributed by atoms with Gasteiger partial charge in [0.05, 0.1) is 0 Å². The molecule has 0 radical (unpaired) electrons. The molecule has 2 heteroatoms. The van der Waals surface area contributed by atoms with E-state index in [1.165, 1.54) is 0 Å². The average molecular weight is 163 g/mol. The van der Waals surface area contributed by atoms with E-state index in [4.69, 9.17) is 0 Å². The Bertz CT molecular complexity index is 429. The Morgan fingerprint density at radius 1 is 1.25 bits per heavy atom. The highest BCUT2D eigenvalue weighted by molar-refractivity contribution is 5.81. The summed E-state index contributed by atoms with van der Waals surface area (Å²) in [5.74, 6) is -0.131. The number of hydrogen-bond donors (Lipinski definition) is 1. The number of aromatic nitrogens is 1. The van der Waals surface area contributed by atoms with Crippen LogP contribution < -0.4 is 0 Å². The molecule has 0 amide bonds. The van der Waals surface area contributed by atoms with Crippen molar-refractivity contribution in [3.05, 3.63) is 35.3 Å². The lowest BCUT2D eigenvalue weighted by Gasteiger charge is -1.91. The second-order valence-corrected chi connectivity index (χ2v) is 3.11. The van der Waals surface area contributed by atoms with Crippen LogP contribution in [0.15, 0.2) is 18.2 Å². The zero-order valence-corrected chi connectivity index (χ0v) is 7.11. The quantitative estimate of drug-likeness (QED) is 0.614. The number of aryl methyl sites for hydroxylation is 2. The Hall–Kier alpha value is -1.31. The highest BCUT2D eigenvalue weighted by atomic mass is 19.1. The van der Waals surface area contributed by atoms with E-state index in [0.29, 0.717) is 11.1 Å². The molecule has 2 rings (SSSR count). The lowest BCUT2D eigenvalue weighted by atomic mass is 10.2. The summed E-state index contributed by atoms with van der Waals surface area (Å²) in [6, 6.07) is 5.73. The molecule has 0 spiro atoms. The van der Waals surface area contributed by atoms with Gasteiger partial charge in [0.25, 0.3) is 0 Å². The summed E-state index contributed by atoms with van der Waals surface area (Å²) in [6.07, 6.45) is 0. The molecular weight excluding hydrogens is 153 g/mol. The van der Waals surface area contributed by atoms with E-state index in [-0.39, 0.29) is 5.82 Å². The lowest BCUT2D eigenvalue weighted by molar-refractivity contribution is 0.629. The highest BCUT2D eigenvalue weighted by Crippen LogP contribution is 2.20. The molecule has 62 valence electrons. The van der Waals surface area contributed by atoms with Crippen molar-refractivity contribution in [2.75, 3.05) is 0 Å². The van der Waals surface area contributed by atoms with E-state index in [1.807, 2.05) is 25.1 Å². The highest BCUT2D eigenvalue weighted by Gasteiger charge is 2.06. The first kappa shape index (κ1) is 7.35. The van der Waals surface area contributed by atoms with E-state index in [1.54, 1.807) is 6.92 Å². The van der Waals surface area contributed by atoms with Gasteiger partial charge in [-0.2, -0.15) is 0 Å². The molecule has 1 N–H and O–H groups in total. The van der Waals surface area contributed by atoms with E-state index < -0.39 is 0 Å². The zero-order chi connectivity index (χ0) is 8.72. The first-order valence-electron chi connectivity index (χ1n) is 3.93. The van der Waals surface area contributed by atoms with Crippen LogP contribution in [0.5, 0.6) is 0 Å². The molecule has 0 aliphatic rings. The van der Waals surface area contributed by atoms with Crippen LogP contribution in [0.3, 0.4) is 0 Å². The molecule has 0 aliphatic heterocycles. The van der Waals surface area contributed by atoms with E-state index in [9.17, 15) is 4.39 Å². The molecule has 0 aliphatic carbocycles. The fourth-order valence-corrected chi connectivity index (χ4v) is 1.41. The lowest BCUT2D eigenvalue weighted by Crippen LogP contribution is -1.73. The predicted octanol–water partition coefficient (Wildman–Crippen LogP) is 2.92. The van der Waals surface area contributed by atoms with Crippen LogP contribution in [0.25, 0.3) is 10.9 Å². The fraction of sp³-hybridized carbons (Fsp3) is 0.200. The maximum Gasteiger partial charge on any atom is 0.151 e. The SMILES string of the molecule is Cc1ccc2[nH]c(C)c(F)c2c1. The third kappa shape index (κ3) is 0.916. The molecule has 0 atom stereocenters. The summed E-state index contributed by atoms with van der Waals surface area (Å²) in [5, 5.41) is 0.688. The summed E-state index contributed by atoms with van der Waals surface area (Å²) >= 11 is 0. The van der Waals surface area contributed by atoms with E-state index in [0.717, 1.165) is 11.1 Å². The van der Waals surface area contributed by atoms with E-state index in [2.05, 4.69) is 4.98 Å². The standard InChI is InChI=1S/C10H10FN/c1-6-3-4-9-8(5-6)10(11)7(2)12-9/h3-5,12H,1-2H3. The molecule has 2 aromatic rings. The third-order valence-corrected chi connectivity index (χ3v) is 2.06. The number of halogens is 1. The van der Waals surface area contributed by atoms with Crippen LogP contribution in [0.1, 0.15) is 11.3 Å². The van der Waals surface area contributed by atoms with Crippen LogP contribution in [0.4, 0.5) is 4.39 Å². The summed E-state index contributed by atoms with van der Waals surface area (Å²) in [6.45, 7) is 3.70. The monoisotopic (exact) mass is 163 g/mol. The molecule has 0 saturated carbocycles. The average Bonchev–Trinajstić information content (AvgIpc) is 2.31. The van der Waals surface area contributed by atoms with Gasteiger partial charge in [-0.25, -0.2) is 4.39 Å². The third-order valence-electron chi connectivity index (χ3n) is 2.06. The Kier molecular flexibility index (Phi) is 1.43. The van der Waals surface area contributed by atoms with Gasteiger partial charge in [-0.05, 0) is 26.0 Å². The molecule has 0 bridgehead atoms. The van der Waals surface area contributed by atoms with Crippen LogP contribution in [-0.4, -0.2) is 4.98 Å². The van der Waals surface area contributed by atoms with Gasteiger partial charge in [-0.3, -0.25) is 0 Å². The number of benzene rings is 1. The Morgan fingerprint density at radius 2 is 2.00 bits per heavy atom. The summed E-state index contributed by atoms with van der Waals surface area (Å²) in [4.78, 5) is 2.98. The topological polar surface area (TPSA) is 15.8 Å². The van der Waals surface area contributed by atoms with Crippen molar-refractivity contribution >= 4 is 10.9 Å².